The summed E-state index contributed by atoms with van der Waals surface area (Å²) in [5, 5.41) is 0.146. The molecular formula is C16H18N4O5S. The number of nitrogens with zero attached hydrogens (tertiary/aromatic N) is 2. The van der Waals surface area contributed by atoms with Gasteiger partial charge in [-0.25, -0.2) is 9.59 Å². The second-order valence-corrected chi connectivity index (χ2v) is 5.41. The van der Waals surface area contributed by atoms with Gasteiger partial charge in [0.05, 0.1) is 20.8 Å². The number of thioether (sulfide) groups is 1. The molecule has 0 fully saturated rings. The van der Waals surface area contributed by atoms with Gasteiger partial charge >= 0.3 is 11.9 Å². The number of rotatable bonds is 6. The zero-order chi connectivity index (χ0) is 19.4. The monoisotopic (exact) mass is 378 g/mol. The number of aliphatic imine (C=N–C) groups is 1. The Hall–Kier alpha value is -3.14. The van der Waals surface area contributed by atoms with Crippen molar-refractivity contribution in [3.05, 3.63) is 53.7 Å². The minimum atomic E-state index is -0.756. The number of carbonyl (C=O) groups is 3. The molecular weight excluding hydrogens is 360 g/mol. The molecule has 10 heteroatoms. The third-order valence-electron chi connectivity index (χ3n) is 2.63. The molecule has 0 radical (unpaired) electrons. The first-order chi connectivity index (χ1) is 12.5. The Balaban J connectivity index is 2.89. The fourth-order valence-electron chi connectivity index (χ4n) is 1.43. The first-order valence-electron chi connectivity index (χ1n) is 7.19. The molecule has 0 unspecified atom stereocenters. The van der Waals surface area contributed by atoms with Gasteiger partial charge in [-0.1, -0.05) is 6.08 Å². The van der Waals surface area contributed by atoms with Gasteiger partial charge in [0.2, 0.25) is 0 Å². The van der Waals surface area contributed by atoms with Gasteiger partial charge in [0.25, 0.3) is 5.91 Å². The number of nitrogens with one attached hydrogen (secondary N) is 2. The minimum absolute atomic E-state index is 0.0761. The Kier molecular flexibility index (Phi) is 9.18. The van der Waals surface area contributed by atoms with E-state index in [1.807, 2.05) is 0 Å². The number of carbonyl (C=O) groups excluding carboxylic acids is 3. The van der Waals surface area contributed by atoms with E-state index in [0.717, 1.165) is 17.8 Å². The van der Waals surface area contributed by atoms with Crippen LogP contribution in [0.15, 0.2) is 53.2 Å². The van der Waals surface area contributed by atoms with E-state index in [1.54, 1.807) is 0 Å². The molecule has 1 amide bonds. The summed E-state index contributed by atoms with van der Waals surface area (Å²) in [5.74, 6) is -1.92. The summed E-state index contributed by atoms with van der Waals surface area (Å²) in [5.41, 5.74) is 5.41. The maximum absolute atomic E-state index is 12.1. The number of amidine groups is 1. The number of hydrazine groups is 1. The SMILES string of the molecule is C=CCN=C(NNC(=O)c1ccncc1)S/C(=C/C(=O)OC)C(=O)OC. The van der Waals surface area contributed by atoms with Crippen LogP contribution in [-0.2, 0) is 19.1 Å². The van der Waals surface area contributed by atoms with Crippen molar-refractivity contribution in [2.45, 2.75) is 0 Å². The Bertz CT molecular complexity index is 719. The molecule has 0 aliphatic heterocycles. The Morgan fingerprint density at radius 1 is 1.23 bits per heavy atom. The number of esters is 2. The predicted molar refractivity (Wildman–Crippen MR) is 97.0 cm³/mol. The van der Waals surface area contributed by atoms with Crippen molar-refractivity contribution >= 4 is 34.8 Å². The van der Waals surface area contributed by atoms with Gasteiger partial charge in [-0.2, -0.15) is 0 Å². The van der Waals surface area contributed by atoms with Crippen molar-refractivity contribution in [3.63, 3.8) is 0 Å². The van der Waals surface area contributed by atoms with Crippen molar-refractivity contribution in [2.24, 2.45) is 4.99 Å². The lowest BCUT2D eigenvalue weighted by Crippen LogP contribution is -2.40. The number of pyridine rings is 1. The Labute approximate surface area is 154 Å². The summed E-state index contributed by atoms with van der Waals surface area (Å²) in [6.45, 7) is 3.76. The number of hydrogen-bond acceptors (Lipinski definition) is 8. The molecule has 0 aromatic carbocycles. The van der Waals surface area contributed by atoms with E-state index in [2.05, 4.69) is 36.9 Å². The average molecular weight is 378 g/mol. The van der Waals surface area contributed by atoms with Crippen LogP contribution in [0.1, 0.15) is 10.4 Å². The largest absolute Gasteiger partial charge is 0.466 e. The second-order valence-electron chi connectivity index (χ2n) is 4.37. The van der Waals surface area contributed by atoms with Crippen LogP contribution in [0.2, 0.25) is 0 Å². The first-order valence-corrected chi connectivity index (χ1v) is 8.01. The zero-order valence-corrected chi connectivity index (χ0v) is 15.0. The quantitative estimate of drug-likeness (QED) is 0.186. The summed E-state index contributed by atoms with van der Waals surface area (Å²) >= 11 is 0.793. The van der Waals surface area contributed by atoms with Crippen LogP contribution >= 0.6 is 11.8 Å². The number of ether oxygens (including phenoxy) is 2. The van der Waals surface area contributed by atoms with Crippen LogP contribution in [0, 0.1) is 0 Å². The highest BCUT2D eigenvalue weighted by atomic mass is 32.2. The van der Waals surface area contributed by atoms with E-state index in [1.165, 1.54) is 44.8 Å². The lowest BCUT2D eigenvalue weighted by atomic mass is 10.3. The van der Waals surface area contributed by atoms with Crippen molar-refractivity contribution in [1.29, 1.82) is 0 Å². The predicted octanol–water partition coefficient (Wildman–Crippen LogP) is 0.821. The maximum Gasteiger partial charge on any atom is 0.345 e. The zero-order valence-electron chi connectivity index (χ0n) is 14.2. The molecule has 1 aromatic heterocycles. The van der Waals surface area contributed by atoms with Gasteiger partial charge in [-0.3, -0.25) is 25.6 Å². The van der Waals surface area contributed by atoms with Gasteiger partial charge in [0.15, 0.2) is 5.17 Å². The van der Waals surface area contributed by atoms with Gasteiger partial charge in [-0.05, 0) is 23.9 Å². The third kappa shape index (κ3) is 7.18. The highest BCUT2D eigenvalue weighted by Crippen LogP contribution is 2.18. The molecule has 0 saturated carbocycles. The molecule has 138 valence electrons. The molecule has 0 saturated heterocycles. The second kappa shape index (κ2) is 11.4. The standard InChI is InChI=1S/C16H18N4O5S/c1-4-7-18-16(20-19-14(22)11-5-8-17-9-6-11)26-12(15(23)25-3)10-13(21)24-2/h4-6,8-10H,1,7H2,2-3H3,(H,18,20)(H,19,22)/b12-10+. The van der Waals surface area contributed by atoms with Crippen LogP contribution in [0.3, 0.4) is 0 Å². The summed E-state index contributed by atoms with van der Waals surface area (Å²) in [7, 11) is 2.35. The molecule has 0 aliphatic rings. The lowest BCUT2D eigenvalue weighted by molar-refractivity contribution is -0.137. The number of aromatic nitrogens is 1. The number of methoxy groups -OCH3 is 2. The van der Waals surface area contributed by atoms with Crippen LogP contribution in [0.4, 0.5) is 0 Å². The summed E-state index contributed by atoms with van der Waals surface area (Å²) in [6, 6.07) is 3.06. The molecule has 2 N–H and O–H groups in total. The molecule has 0 atom stereocenters. The van der Waals surface area contributed by atoms with E-state index in [-0.39, 0.29) is 16.6 Å². The first kappa shape index (κ1) is 20.9. The van der Waals surface area contributed by atoms with E-state index < -0.39 is 17.8 Å². The fourth-order valence-corrected chi connectivity index (χ4v) is 2.20. The Morgan fingerprint density at radius 3 is 2.50 bits per heavy atom. The van der Waals surface area contributed by atoms with Crippen LogP contribution in [0.25, 0.3) is 0 Å². The lowest BCUT2D eigenvalue weighted by Gasteiger charge is -2.12. The fraction of sp³-hybridized carbons (Fsp3) is 0.188. The summed E-state index contributed by atoms with van der Waals surface area (Å²) < 4.78 is 9.13. The van der Waals surface area contributed by atoms with Gasteiger partial charge < -0.3 is 9.47 Å². The molecule has 0 spiro atoms. The Morgan fingerprint density at radius 2 is 1.92 bits per heavy atom. The third-order valence-corrected chi connectivity index (χ3v) is 3.56. The van der Waals surface area contributed by atoms with Crippen molar-refractivity contribution in [2.75, 3.05) is 20.8 Å². The van der Waals surface area contributed by atoms with Gasteiger partial charge in [-0.15, -0.1) is 6.58 Å². The topological polar surface area (TPSA) is 119 Å². The van der Waals surface area contributed by atoms with Crippen molar-refractivity contribution in [3.8, 4) is 0 Å². The highest BCUT2D eigenvalue weighted by molar-refractivity contribution is 8.17. The highest BCUT2D eigenvalue weighted by Gasteiger charge is 2.17. The van der Waals surface area contributed by atoms with E-state index in [0.29, 0.717) is 5.56 Å². The van der Waals surface area contributed by atoms with Gasteiger partial charge in [0, 0.05) is 24.0 Å². The van der Waals surface area contributed by atoms with Crippen LogP contribution in [-0.4, -0.2) is 48.8 Å². The molecule has 1 heterocycles. The molecule has 1 aromatic rings. The number of amides is 1. The molecule has 9 nitrogen and oxygen atoms in total. The smallest absolute Gasteiger partial charge is 0.345 e. The van der Waals surface area contributed by atoms with E-state index in [4.69, 9.17) is 0 Å². The molecule has 26 heavy (non-hydrogen) atoms. The van der Waals surface area contributed by atoms with E-state index >= 15 is 0 Å². The van der Waals surface area contributed by atoms with Crippen molar-refractivity contribution in [1.82, 2.24) is 15.8 Å². The number of hydrogen-bond donors (Lipinski definition) is 2. The summed E-state index contributed by atoms with van der Waals surface area (Å²) in [4.78, 5) is 43.2. The van der Waals surface area contributed by atoms with Crippen molar-refractivity contribution < 1.29 is 23.9 Å². The van der Waals surface area contributed by atoms with E-state index in [9.17, 15) is 14.4 Å². The van der Waals surface area contributed by atoms with Crippen LogP contribution < -0.4 is 10.9 Å². The minimum Gasteiger partial charge on any atom is -0.466 e. The normalized spacial score (nSPS) is 11.3. The molecule has 0 bridgehead atoms. The molecule has 0 aliphatic carbocycles. The average Bonchev–Trinajstić information content (AvgIpc) is 2.68. The van der Waals surface area contributed by atoms with Crippen LogP contribution in [0.5, 0.6) is 0 Å². The maximum atomic E-state index is 12.1. The van der Waals surface area contributed by atoms with Gasteiger partial charge in [0.1, 0.15) is 4.91 Å². The summed E-state index contributed by atoms with van der Waals surface area (Å²) in [6.07, 6.45) is 5.44. The molecule has 1 rings (SSSR count).